The van der Waals surface area contributed by atoms with Gasteiger partial charge in [-0.25, -0.2) is 0 Å². The summed E-state index contributed by atoms with van der Waals surface area (Å²) in [5, 5.41) is 5.59. The second kappa shape index (κ2) is 18.7. The van der Waals surface area contributed by atoms with E-state index in [1.807, 2.05) is 55.4 Å². The molecule has 0 amide bonds. The van der Waals surface area contributed by atoms with Crippen LogP contribution in [0.15, 0.2) is 66.8 Å². The molecule has 3 aromatic rings. The normalized spacial score (nSPS) is 12.5. The van der Waals surface area contributed by atoms with E-state index in [4.69, 9.17) is 0 Å². The zero-order chi connectivity index (χ0) is 25.9. The lowest BCUT2D eigenvalue weighted by molar-refractivity contribution is 1.00. The van der Waals surface area contributed by atoms with Crippen molar-refractivity contribution < 1.29 is 0 Å². The molecule has 0 spiro atoms. The van der Waals surface area contributed by atoms with Gasteiger partial charge in [0.2, 0.25) is 0 Å². The first kappa shape index (κ1) is 31.4. The number of allylic oxidation sites excluding steroid dienone is 5. The van der Waals surface area contributed by atoms with Crippen LogP contribution in [0.2, 0.25) is 0 Å². The molecule has 0 aliphatic heterocycles. The fraction of sp³-hybridized carbons (Fsp3) is 0.394. The van der Waals surface area contributed by atoms with Crippen LogP contribution in [0.3, 0.4) is 0 Å². The maximum Gasteiger partial charge on any atom is -0.00992 e. The first-order chi connectivity index (χ1) is 16.9. The summed E-state index contributed by atoms with van der Waals surface area (Å²) in [6.45, 7) is 16.0. The topological polar surface area (TPSA) is 26.0 Å². The summed E-state index contributed by atoms with van der Waals surface area (Å²) in [6, 6.07) is 15.9. The Morgan fingerprint density at radius 1 is 0.588 bits per heavy atom. The fourth-order valence-electron chi connectivity index (χ4n) is 4.18. The summed E-state index contributed by atoms with van der Waals surface area (Å²) in [7, 11) is 1.50. The third kappa shape index (κ3) is 7.43. The average molecular weight is 460 g/mol. The molecule has 0 bridgehead atoms. The predicted octanol–water partition coefficient (Wildman–Crippen LogP) is 10.4. The van der Waals surface area contributed by atoms with Crippen LogP contribution >= 0.6 is 0 Å². The van der Waals surface area contributed by atoms with Crippen molar-refractivity contribution in [1.82, 2.24) is 0 Å². The second-order valence-electron chi connectivity index (χ2n) is 6.78. The number of hydrogen-bond donors (Lipinski definition) is 1. The first-order valence-electron chi connectivity index (χ1n) is 13.5. The van der Waals surface area contributed by atoms with Crippen molar-refractivity contribution in [3.05, 3.63) is 83.5 Å². The third-order valence-electron chi connectivity index (χ3n) is 5.35. The standard InChI is InChI=1S/C24H20.4C2H6.CH5N/c1-2-8-17(9-3-1)18-14-15-23-21-12-5-4-10-19(21)20-11-6-7-13-22(20)24(23)16-18;5*1-2/h2,4-6,8-12,14-16H,1,3,7,13H2;4*1-2H3;2H2,1H3. The predicted molar refractivity (Wildman–Crippen MR) is 161 cm³/mol. The number of nitrogens with two attached hydrogens (primary N) is 1. The molecule has 0 saturated carbocycles. The lowest BCUT2D eigenvalue weighted by atomic mass is 9.85. The van der Waals surface area contributed by atoms with Gasteiger partial charge < -0.3 is 5.73 Å². The molecular formula is C33H49N. The van der Waals surface area contributed by atoms with Gasteiger partial charge in [0.1, 0.15) is 0 Å². The molecule has 0 atom stereocenters. The Morgan fingerprint density at radius 3 is 1.79 bits per heavy atom. The van der Waals surface area contributed by atoms with Gasteiger partial charge in [-0.05, 0) is 82.6 Å². The summed E-state index contributed by atoms with van der Waals surface area (Å²) >= 11 is 0. The van der Waals surface area contributed by atoms with E-state index in [9.17, 15) is 0 Å². The van der Waals surface area contributed by atoms with Crippen LogP contribution < -0.4 is 5.73 Å². The molecule has 0 unspecified atom stereocenters. The lowest BCUT2D eigenvalue weighted by Gasteiger charge is -2.19. The first-order valence-corrected chi connectivity index (χ1v) is 13.5. The van der Waals surface area contributed by atoms with Gasteiger partial charge in [0.15, 0.2) is 0 Å². The third-order valence-corrected chi connectivity index (χ3v) is 5.35. The highest BCUT2D eigenvalue weighted by Gasteiger charge is 2.15. The highest BCUT2D eigenvalue weighted by Crippen LogP contribution is 2.38. The Morgan fingerprint density at radius 2 is 1.18 bits per heavy atom. The summed E-state index contributed by atoms with van der Waals surface area (Å²) < 4.78 is 0. The van der Waals surface area contributed by atoms with Crippen LogP contribution in [0.1, 0.15) is 91.3 Å². The molecule has 0 radical (unpaired) electrons. The number of aryl methyl sites for hydroxylation is 1. The minimum Gasteiger partial charge on any atom is -0.333 e. The van der Waals surface area contributed by atoms with E-state index in [0.29, 0.717) is 0 Å². The highest BCUT2D eigenvalue weighted by molar-refractivity contribution is 6.13. The molecule has 2 aliphatic carbocycles. The van der Waals surface area contributed by atoms with Crippen LogP contribution in [0.5, 0.6) is 0 Å². The Kier molecular flexibility index (Phi) is 17.3. The van der Waals surface area contributed by atoms with Crippen molar-refractivity contribution in [3.8, 4) is 0 Å². The maximum atomic E-state index is 4.50. The van der Waals surface area contributed by atoms with Crippen molar-refractivity contribution in [1.29, 1.82) is 0 Å². The molecule has 0 saturated heterocycles. The van der Waals surface area contributed by atoms with Gasteiger partial charge in [0.25, 0.3) is 0 Å². The average Bonchev–Trinajstić information content (AvgIpc) is 2.99. The monoisotopic (exact) mass is 459 g/mol. The smallest absolute Gasteiger partial charge is 0.00992 e. The van der Waals surface area contributed by atoms with Gasteiger partial charge >= 0.3 is 0 Å². The highest BCUT2D eigenvalue weighted by atomic mass is 14.4. The summed E-state index contributed by atoms with van der Waals surface area (Å²) in [4.78, 5) is 0. The molecule has 0 aromatic heterocycles. The maximum absolute atomic E-state index is 4.50. The Bertz CT molecular complexity index is 1050. The zero-order valence-corrected chi connectivity index (χ0v) is 23.3. The number of hydrogen-bond acceptors (Lipinski definition) is 1. The van der Waals surface area contributed by atoms with Crippen LogP contribution in [0, 0.1) is 0 Å². The van der Waals surface area contributed by atoms with Crippen LogP contribution in [0.25, 0.3) is 33.2 Å². The van der Waals surface area contributed by atoms with E-state index in [-0.39, 0.29) is 0 Å². The second-order valence-corrected chi connectivity index (χ2v) is 6.78. The van der Waals surface area contributed by atoms with E-state index in [1.54, 1.807) is 0 Å². The molecule has 34 heavy (non-hydrogen) atoms. The largest absolute Gasteiger partial charge is 0.333 e. The van der Waals surface area contributed by atoms with Gasteiger partial charge in [-0.3, -0.25) is 0 Å². The summed E-state index contributed by atoms with van der Waals surface area (Å²) in [6.07, 6.45) is 16.2. The van der Waals surface area contributed by atoms with E-state index < -0.39 is 0 Å². The zero-order valence-electron chi connectivity index (χ0n) is 23.3. The van der Waals surface area contributed by atoms with E-state index in [0.717, 1.165) is 19.3 Å². The van der Waals surface area contributed by atoms with Gasteiger partial charge in [-0.1, -0.05) is 122 Å². The quantitative estimate of drug-likeness (QED) is 0.360. The van der Waals surface area contributed by atoms with Crippen LogP contribution in [-0.2, 0) is 6.42 Å². The van der Waals surface area contributed by atoms with Crippen molar-refractivity contribution >= 4 is 33.2 Å². The van der Waals surface area contributed by atoms with Crippen LogP contribution in [-0.4, -0.2) is 7.05 Å². The Labute approximate surface area is 210 Å². The summed E-state index contributed by atoms with van der Waals surface area (Å²) in [5.41, 5.74) is 10.2. The number of rotatable bonds is 1. The molecule has 1 nitrogen and oxygen atoms in total. The van der Waals surface area contributed by atoms with E-state index in [2.05, 4.69) is 78.6 Å². The fourth-order valence-corrected chi connectivity index (χ4v) is 4.18. The molecule has 0 fully saturated rings. The summed E-state index contributed by atoms with van der Waals surface area (Å²) in [5.74, 6) is 0. The molecule has 5 rings (SSSR count). The SMILES string of the molecule is C1=CC(c2ccc3c(c2)c2c(c4ccccc43)C=CCC2)=CCC1.CC.CC.CC.CC.CN. The molecule has 0 heterocycles. The molecular weight excluding hydrogens is 410 g/mol. The van der Waals surface area contributed by atoms with Crippen LogP contribution in [0.4, 0.5) is 0 Å². The van der Waals surface area contributed by atoms with E-state index in [1.165, 1.54) is 57.3 Å². The minimum atomic E-state index is 1.14. The van der Waals surface area contributed by atoms with Crippen molar-refractivity contribution in [3.63, 3.8) is 0 Å². The number of benzene rings is 3. The van der Waals surface area contributed by atoms with E-state index >= 15 is 0 Å². The Hall–Kier alpha value is -2.64. The van der Waals surface area contributed by atoms with Crippen molar-refractivity contribution in [2.24, 2.45) is 5.73 Å². The molecule has 1 heteroatoms. The molecule has 3 aromatic carbocycles. The van der Waals surface area contributed by atoms with Gasteiger partial charge in [-0.2, -0.15) is 0 Å². The number of fused-ring (bicyclic) bond motifs is 6. The molecule has 186 valence electrons. The Balaban J connectivity index is 0.000000976. The van der Waals surface area contributed by atoms with Crippen molar-refractivity contribution in [2.75, 3.05) is 7.05 Å². The van der Waals surface area contributed by atoms with Gasteiger partial charge in [0.05, 0.1) is 0 Å². The lowest BCUT2D eigenvalue weighted by Crippen LogP contribution is -1.98. The molecule has 2 aliphatic rings. The minimum absolute atomic E-state index is 1.14. The van der Waals surface area contributed by atoms with Crippen molar-refractivity contribution in [2.45, 2.75) is 81.1 Å². The molecule has 2 N–H and O–H groups in total. The van der Waals surface area contributed by atoms with Gasteiger partial charge in [-0.15, -0.1) is 0 Å². The van der Waals surface area contributed by atoms with Gasteiger partial charge in [0, 0.05) is 0 Å².